The van der Waals surface area contributed by atoms with E-state index in [2.05, 4.69) is 0 Å². The molecule has 0 aliphatic heterocycles. The second kappa shape index (κ2) is 5.79. The summed E-state index contributed by atoms with van der Waals surface area (Å²) in [6, 6.07) is 15.4. The first kappa shape index (κ1) is 14.1. The van der Waals surface area contributed by atoms with Crippen LogP contribution in [0.4, 0.5) is 0 Å². The highest BCUT2D eigenvalue weighted by Gasteiger charge is 2.34. The molecule has 0 spiro atoms. The quantitative estimate of drug-likeness (QED) is 0.479. The van der Waals surface area contributed by atoms with Crippen molar-refractivity contribution in [2.75, 3.05) is 0 Å². The van der Waals surface area contributed by atoms with Crippen molar-refractivity contribution >= 4 is 21.9 Å². The second-order valence-electron chi connectivity index (χ2n) is 4.15. The molecule has 0 amide bonds. The zero-order valence-corrected chi connectivity index (χ0v) is 11.3. The molecule has 5 heteroatoms. The number of benzene rings is 2. The summed E-state index contributed by atoms with van der Waals surface area (Å²) in [6.07, 6.45) is 0.178. The van der Waals surface area contributed by atoms with Crippen molar-refractivity contribution in [3.63, 3.8) is 0 Å². The van der Waals surface area contributed by atoms with Crippen molar-refractivity contribution in [3.8, 4) is 0 Å². The Hall–Kier alpha value is -2.27. The largest absolute Gasteiger partial charge is 0.301 e. The van der Waals surface area contributed by atoms with Crippen molar-refractivity contribution in [1.29, 1.82) is 0 Å². The van der Waals surface area contributed by atoms with Crippen molar-refractivity contribution in [1.82, 2.24) is 0 Å². The standard InChI is InChI=1S/C15H12O4S/c16-11-14(15(17)12-7-3-1-4-8-12)20(18,19)13-9-5-2-6-10-13/h1-11,14H. The molecule has 0 N–H and O–H groups in total. The maximum atomic E-state index is 12.3. The zero-order chi connectivity index (χ0) is 14.6. The molecule has 0 radical (unpaired) electrons. The minimum absolute atomic E-state index is 0.0404. The Morgan fingerprint density at radius 1 is 0.900 bits per heavy atom. The van der Waals surface area contributed by atoms with E-state index in [1.807, 2.05) is 0 Å². The van der Waals surface area contributed by atoms with Crippen LogP contribution < -0.4 is 0 Å². The van der Waals surface area contributed by atoms with E-state index in [1.54, 1.807) is 36.4 Å². The van der Waals surface area contributed by atoms with Gasteiger partial charge in [-0.2, -0.15) is 0 Å². The van der Waals surface area contributed by atoms with E-state index in [-0.39, 0.29) is 16.7 Å². The number of hydrogen-bond acceptors (Lipinski definition) is 4. The van der Waals surface area contributed by atoms with Crippen LogP contribution in [0.15, 0.2) is 65.6 Å². The molecule has 0 aliphatic rings. The van der Waals surface area contributed by atoms with Gasteiger partial charge in [-0.3, -0.25) is 4.79 Å². The first-order chi connectivity index (χ1) is 9.57. The molecule has 0 bridgehead atoms. The van der Waals surface area contributed by atoms with E-state index < -0.39 is 20.9 Å². The Labute approximate surface area is 117 Å². The minimum Gasteiger partial charge on any atom is -0.301 e. The number of ketones is 1. The monoisotopic (exact) mass is 288 g/mol. The highest BCUT2D eigenvalue weighted by Crippen LogP contribution is 2.18. The van der Waals surface area contributed by atoms with Crippen LogP contribution in [0.2, 0.25) is 0 Å². The van der Waals surface area contributed by atoms with E-state index in [0.29, 0.717) is 0 Å². The Morgan fingerprint density at radius 2 is 1.40 bits per heavy atom. The van der Waals surface area contributed by atoms with E-state index in [0.717, 1.165) is 0 Å². The van der Waals surface area contributed by atoms with Crippen LogP contribution in [0.25, 0.3) is 0 Å². The number of hydrogen-bond donors (Lipinski definition) is 0. The Morgan fingerprint density at radius 3 is 1.90 bits per heavy atom. The van der Waals surface area contributed by atoms with Crippen LogP contribution in [-0.4, -0.2) is 25.7 Å². The summed E-state index contributed by atoms with van der Waals surface area (Å²) in [5.74, 6) is -0.718. The van der Waals surface area contributed by atoms with Crippen LogP contribution in [0, 0.1) is 0 Å². The highest BCUT2D eigenvalue weighted by molar-refractivity contribution is 7.93. The van der Waals surface area contributed by atoms with Crippen molar-refractivity contribution in [2.45, 2.75) is 10.1 Å². The maximum absolute atomic E-state index is 12.3. The summed E-state index contributed by atoms with van der Waals surface area (Å²) in [4.78, 5) is 23.3. The van der Waals surface area contributed by atoms with E-state index in [1.165, 1.54) is 24.3 Å². The predicted molar refractivity (Wildman–Crippen MR) is 74.3 cm³/mol. The van der Waals surface area contributed by atoms with Gasteiger partial charge < -0.3 is 4.79 Å². The highest BCUT2D eigenvalue weighted by atomic mass is 32.2. The van der Waals surface area contributed by atoms with Gasteiger partial charge in [-0.05, 0) is 12.1 Å². The van der Waals surface area contributed by atoms with Gasteiger partial charge in [0.2, 0.25) is 0 Å². The van der Waals surface area contributed by atoms with Gasteiger partial charge in [-0.1, -0.05) is 48.5 Å². The summed E-state index contributed by atoms with van der Waals surface area (Å²) in [7, 11) is -4.02. The van der Waals surface area contributed by atoms with Gasteiger partial charge in [0.15, 0.2) is 20.9 Å². The average Bonchev–Trinajstić information content (AvgIpc) is 2.49. The lowest BCUT2D eigenvalue weighted by molar-refractivity contribution is -0.106. The lowest BCUT2D eigenvalue weighted by atomic mass is 10.1. The Kier molecular flexibility index (Phi) is 4.10. The van der Waals surface area contributed by atoms with Gasteiger partial charge in [0.1, 0.15) is 6.29 Å². The van der Waals surface area contributed by atoms with Crippen LogP contribution in [0.3, 0.4) is 0 Å². The molecule has 4 nitrogen and oxygen atoms in total. The molecular weight excluding hydrogens is 276 g/mol. The molecule has 0 fully saturated rings. The average molecular weight is 288 g/mol. The summed E-state index contributed by atoms with van der Waals surface area (Å²) in [6.45, 7) is 0. The van der Waals surface area contributed by atoms with E-state index >= 15 is 0 Å². The number of Topliss-reactive ketones (excluding diaryl/α,β-unsaturated/α-hetero) is 1. The number of carbonyl (C=O) groups excluding carboxylic acids is 2. The SMILES string of the molecule is O=CC(C(=O)c1ccccc1)S(=O)(=O)c1ccccc1. The number of aldehydes is 1. The molecule has 0 saturated carbocycles. The minimum atomic E-state index is -4.02. The normalized spacial score (nSPS) is 12.6. The van der Waals surface area contributed by atoms with Gasteiger partial charge in [0, 0.05) is 5.56 Å². The van der Waals surface area contributed by atoms with Crippen molar-refractivity contribution in [3.05, 3.63) is 66.2 Å². The molecule has 2 rings (SSSR count). The van der Waals surface area contributed by atoms with E-state index in [9.17, 15) is 18.0 Å². The molecule has 1 atom stereocenters. The molecule has 2 aromatic rings. The third kappa shape index (κ3) is 2.67. The topological polar surface area (TPSA) is 68.3 Å². The lowest BCUT2D eigenvalue weighted by Gasteiger charge is -2.11. The van der Waals surface area contributed by atoms with Crippen molar-refractivity contribution < 1.29 is 18.0 Å². The van der Waals surface area contributed by atoms with Gasteiger partial charge >= 0.3 is 0 Å². The lowest BCUT2D eigenvalue weighted by Crippen LogP contribution is -2.32. The predicted octanol–water partition coefficient (Wildman–Crippen LogP) is 1.91. The summed E-state index contributed by atoms with van der Waals surface area (Å²) < 4.78 is 24.7. The molecular formula is C15H12O4S. The molecule has 0 heterocycles. The number of carbonyl (C=O) groups is 2. The Bertz CT molecular complexity index is 706. The molecule has 1 unspecified atom stereocenters. The molecule has 0 aliphatic carbocycles. The zero-order valence-electron chi connectivity index (χ0n) is 10.5. The van der Waals surface area contributed by atoms with Crippen LogP contribution >= 0.6 is 0 Å². The fourth-order valence-corrected chi connectivity index (χ4v) is 3.19. The molecule has 2 aromatic carbocycles. The second-order valence-corrected chi connectivity index (χ2v) is 6.21. The van der Waals surface area contributed by atoms with Crippen LogP contribution in [0.1, 0.15) is 10.4 Å². The molecule has 0 aromatic heterocycles. The van der Waals surface area contributed by atoms with Gasteiger partial charge in [-0.15, -0.1) is 0 Å². The third-order valence-electron chi connectivity index (χ3n) is 2.85. The fraction of sp³-hybridized carbons (Fsp3) is 0.0667. The van der Waals surface area contributed by atoms with Crippen LogP contribution in [-0.2, 0) is 14.6 Å². The fourth-order valence-electron chi connectivity index (χ4n) is 1.80. The molecule has 102 valence electrons. The molecule has 20 heavy (non-hydrogen) atoms. The maximum Gasteiger partial charge on any atom is 0.195 e. The number of rotatable bonds is 5. The summed E-state index contributed by atoms with van der Waals surface area (Å²) >= 11 is 0. The van der Waals surface area contributed by atoms with Gasteiger partial charge in [0.05, 0.1) is 4.90 Å². The Balaban J connectivity index is 2.43. The van der Waals surface area contributed by atoms with Crippen LogP contribution in [0.5, 0.6) is 0 Å². The first-order valence-electron chi connectivity index (χ1n) is 5.91. The smallest absolute Gasteiger partial charge is 0.195 e. The summed E-state index contributed by atoms with van der Waals surface area (Å²) in [5, 5.41) is -1.72. The first-order valence-corrected chi connectivity index (χ1v) is 7.45. The molecule has 0 saturated heterocycles. The van der Waals surface area contributed by atoms with Gasteiger partial charge in [0.25, 0.3) is 0 Å². The summed E-state index contributed by atoms with van der Waals surface area (Å²) in [5.41, 5.74) is 0.198. The van der Waals surface area contributed by atoms with Crippen molar-refractivity contribution in [2.24, 2.45) is 0 Å². The van der Waals surface area contributed by atoms with Gasteiger partial charge in [-0.25, -0.2) is 8.42 Å². The third-order valence-corrected chi connectivity index (χ3v) is 4.77. The number of sulfone groups is 1. The van der Waals surface area contributed by atoms with E-state index in [4.69, 9.17) is 0 Å².